The number of hydrogen-bond donors (Lipinski definition) is 3. The SMILES string of the molecule is CS(=O)(=O)c1ccc(N(CCO)CCO)c(N)c1. The monoisotopic (exact) mass is 274 g/mol. The molecule has 0 aliphatic carbocycles. The molecule has 7 heteroatoms. The first-order chi connectivity index (χ1) is 8.40. The van der Waals surface area contributed by atoms with Crippen molar-refractivity contribution in [2.45, 2.75) is 4.90 Å². The largest absolute Gasteiger partial charge is 0.397 e. The van der Waals surface area contributed by atoms with E-state index in [2.05, 4.69) is 0 Å². The van der Waals surface area contributed by atoms with Gasteiger partial charge in [0, 0.05) is 19.3 Å². The average Bonchev–Trinajstić information content (AvgIpc) is 2.27. The van der Waals surface area contributed by atoms with Gasteiger partial charge >= 0.3 is 0 Å². The molecule has 0 aliphatic heterocycles. The van der Waals surface area contributed by atoms with Gasteiger partial charge in [-0.15, -0.1) is 0 Å². The molecular weight excluding hydrogens is 256 g/mol. The second-order valence-corrected chi connectivity index (χ2v) is 5.94. The first-order valence-corrected chi connectivity index (χ1v) is 7.35. The summed E-state index contributed by atoms with van der Waals surface area (Å²) in [6.45, 7) is 0.493. The maximum atomic E-state index is 11.4. The Labute approximate surface area is 107 Å². The van der Waals surface area contributed by atoms with E-state index < -0.39 is 9.84 Å². The highest BCUT2D eigenvalue weighted by atomic mass is 32.2. The molecule has 18 heavy (non-hydrogen) atoms. The van der Waals surface area contributed by atoms with Gasteiger partial charge in [0.05, 0.1) is 29.5 Å². The van der Waals surface area contributed by atoms with Crippen LogP contribution in [0, 0.1) is 0 Å². The summed E-state index contributed by atoms with van der Waals surface area (Å²) in [5.41, 5.74) is 6.72. The van der Waals surface area contributed by atoms with Crippen molar-refractivity contribution in [2.75, 3.05) is 43.2 Å². The number of hydrogen-bond acceptors (Lipinski definition) is 6. The zero-order valence-corrected chi connectivity index (χ0v) is 11.0. The molecule has 0 saturated carbocycles. The number of aliphatic hydroxyl groups is 2. The number of nitrogen functional groups attached to an aromatic ring is 1. The molecule has 0 spiro atoms. The molecule has 0 unspecified atom stereocenters. The Kier molecular flexibility index (Phi) is 4.94. The first-order valence-electron chi connectivity index (χ1n) is 5.46. The zero-order chi connectivity index (χ0) is 13.8. The van der Waals surface area contributed by atoms with Crippen LogP contribution in [0.25, 0.3) is 0 Å². The minimum Gasteiger partial charge on any atom is -0.397 e. The fourth-order valence-electron chi connectivity index (χ4n) is 1.65. The molecule has 0 atom stereocenters. The lowest BCUT2D eigenvalue weighted by Crippen LogP contribution is -2.30. The number of nitrogens with zero attached hydrogens (tertiary/aromatic N) is 1. The number of sulfone groups is 1. The Morgan fingerprint density at radius 1 is 1.22 bits per heavy atom. The van der Waals surface area contributed by atoms with Crippen molar-refractivity contribution in [3.63, 3.8) is 0 Å². The van der Waals surface area contributed by atoms with Gasteiger partial charge in [-0.3, -0.25) is 0 Å². The van der Waals surface area contributed by atoms with E-state index in [1.807, 2.05) is 0 Å². The van der Waals surface area contributed by atoms with Gasteiger partial charge in [0.25, 0.3) is 0 Å². The lowest BCUT2D eigenvalue weighted by Gasteiger charge is -2.24. The topological polar surface area (TPSA) is 104 Å². The van der Waals surface area contributed by atoms with Gasteiger partial charge < -0.3 is 20.8 Å². The Balaban J connectivity index is 3.10. The van der Waals surface area contributed by atoms with E-state index in [4.69, 9.17) is 15.9 Å². The fraction of sp³-hybridized carbons (Fsp3) is 0.455. The minimum atomic E-state index is -3.29. The summed E-state index contributed by atoms with van der Waals surface area (Å²) in [5.74, 6) is 0. The van der Waals surface area contributed by atoms with Crippen molar-refractivity contribution in [1.82, 2.24) is 0 Å². The summed E-state index contributed by atoms with van der Waals surface area (Å²) in [4.78, 5) is 1.85. The normalized spacial score (nSPS) is 11.5. The summed E-state index contributed by atoms with van der Waals surface area (Å²) in [7, 11) is -3.29. The molecule has 102 valence electrons. The molecule has 0 radical (unpaired) electrons. The van der Waals surface area contributed by atoms with Crippen LogP contribution in [-0.4, -0.2) is 51.2 Å². The van der Waals surface area contributed by atoms with Crippen molar-refractivity contribution in [2.24, 2.45) is 0 Å². The Morgan fingerprint density at radius 2 is 1.78 bits per heavy atom. The molecule has 1 aromatic rings. The Hall–Kier alpha value is -1.31. The van der Waals surface area contributed by atoms with Crippen molar-refractivity contribution in [1.29, 1.82) is 0 Å². The molecule has 0 fully saturated rings. The second kappa shape index (κ2) is 6.03. The predicted molar refractivity (Wildman–Crippen MR) is 70.3 cm³/mol. The second-order valence-electron chi connectivity index (χ2n) is 3.93. The maximum Gasteiger partial charge on any atom is 0.175 e. The summed E-state index contributed by atoms with van der Waals surface area (Å²) in [6.07, 6.45) is 1.11. The molecule has 1 aromatic carbocycles. The van der Waals surface area contributed by atoms with Crippen molar-refractivity contribution >= 4 is 21.2 Å². The minimum absolute atomic E-state index is 0.0761. The van der Waals surface area contributed by atoms with Crippen LogP contribution in [0.2, 0.25) is 0 Å². The number of aliphatic hydroxyl groups excluding tert-OH is 2. The third kappa shape index (κ3) is 3.59. The van der Waals surface area contributed by atoms with E-state index in [-0.39, 0.29) is 18.1 Å². The van der Waals surface area contributed by atoms with Crippen LogP contribution in [-0.2, 0) is 9.84 Å². The van der Waals surface area contributed by atoms with Gasteiger partial charge in [0.2, 0.25) is 0 Å². The van der Waals surface area contributed by atoms with E-state index in [9.17, 15) is 8.42 Å². The zero-order valence-electron chi connectivity index (χ0n) is 10.2. The van der Waals surface area contributed by atoms with Crippen LogP contribution in [0.1, 0.15) is 0 Å². The van der Waals surface area contributed by atoms with Gasteiger partial charge in [-0.1, -0.05) is 0 Å². The van der Waals surface area contributed by atoms with Crippen molar-refractivity contribution in [3.05, 3.63) is 18.2 Å². The molecule has 0 aromatic heterocycles. The molecular formula is C11H18N2O4S. The van der Waals surface area contributed by atoms with Crippen LogP contribution in [0.15, 0.2) is 23.1 Å². The van der Waals surface area contributed by atoms with Crippen LogP contribution in [0.3, 0.4) is 0 Å². The highest BCUT2D eigenvalue weighted by Crippen LogP contribution is 2.26. The van der Waals surface area contributed by atoms with Crippen LogP contribution in [0.4, 0.5) is 11.4 Å². The summed E-state index contributed by atoms with van der Waals surface area (Å²) < 4.78 is 22.7. The van der Waals surface area contributed by atoms with Crippen LogP contribution >= 0.6 is 0 Å². The molecule has 1 rings (SSSR count). The van der Waals surface area contributed by atoms with E-state index in [0.29, 0.717) is 24.5 Å². The summed E-state index contributed by atoms with van der Waals surface area (Å²) in [5, 5.41) is 17.9. The first kappa shape index (κ1) is 14.7. The van der Waals surface area contributed by atoms with E-state index >= 15 is 0 Å². The van der Waals surface area contributed by atoms with E-state index in [0.717, 1.165) is 6.26 Å². The quantitative estimate of drug-likeness (QED) is 0.602. The van der Waals surface area contributed by atoms with E-state index in [1.54, 1.807) is 11.0 Å². The van der Waals surface area contributed by atoms with Crippen LogP contribution in [0.5, 0.6) is 0 Å². The Morgan fingerprint density at radius 3 is 2.17 bits per heavy atom. The standard InChI is InChI=1S/C11H18N2O4S/c1-18(16,17)9-2-3-11(10(12)8-9)13(4-6-14)5-7-15/h2-3,8,14-15H,4-7,12H2,1H3. The van der Waals surface area contributed by atoms with Gasteiger partial charge in [0.1, 0.15) is 0 Å². The highest BCUT2D eigenvalue weighted by Gasteiger charge is 2.13. The van der Waals surface area contributed by atoms with Crippen molar-refractivity contribution in [3.8, 4) is 0 Å². The molecule has 0 aliphatic rings. The number of anilines is 2. The average molecular weight is 274 g/mol. The molecule has 6 nitrogen and oxygen atoms in total. The summed E-state index contributed by atoms with van der Waals surface area (Å²) in [6, 6.07) is 4.42. The molecule has 4 N–H and O–H groups in total. The van der Waals surface area contributed by atoms with Gasteiger partial charge in [-0.05, 0) is 18.2 Å². The third-order valence-corrected chi connectivity index (χ3v) is 3.62. The highest BCUT2D eigenvalue weighted by molar-refractivity contribution is 7.90. The molecule has 0 saturated heterocycles. The lowest BCUT2D eigenvalue weighted by atomic mass is 10.2. The number of rotatable bonds is 6. The third-order valence-electron chi connectivity index (χ3n) is 2.51. The molecule has 0 heterocycles. The smallest absolute Gasteiger partial charge is 0.175 e. The molecule has 0 bridgehead atoms. The number of benzene rings is 1. The van der Waals surface area contributed by atoms with Crippen molar-refractivity contribution < 1.29 is 18.6 Å². The van der Waals surface area contributed by atoms with E-state index in [1.165, 1.54) is 12.1 Å². The van der Waals surface area contributed by atoms with Gasteiger partial charge in [-0.25, -0.2) is 8.42 Å². The Bertz CT molecular complexity index is 496. The maximum absolute atomic E-state index is 11.4. The number of nitrogens with two attached hydrogens (primary N) is 1. The van der Waals surface area contributed by atoms with Gasteiger partial charge in [0.15, 0.2) is 9.84 Å². The van der Waals surface area contributed by atoms with Gasteiger partial charge in [-0.2, -0.15) is 0 Å². The fourth-order valence-corrected chi connectivity index (χ4v) is 2.30. The van der Waals surface area contributed by atoms with Crippen LogP contribution < -0.4 is 10.6 Å². The molecule has 0 amide bonds. The lowest BCUT2D eigenvalue weighted by molar-refractivity contribution is 0.281. The predicted octanol–water partition coefficient (Wildman–Crippen LogP) is -0.537. The summed E-state index contributed by atoms with van der Waals surface area (Å²) >= 11 is 0.